The molecule has 0 radical (unpaired) electrons. The van der Waals surface area contributed by atoms with Crippen molar-refractivity contribution in [3.05, 3.63) is 83.9 Å². The molecule has 0 unspecified atom stereocenters. The number of rotatable bonds is 1. The van der Waals surface area contributed by atoms with Crippen molar-refractivity contribution >= 4 is 5.69 Å². The van der Waals surface area contributed by atoms with Gasteiger partial charge in [-0.25, -0.2) is 0 Å². The molecule has 0 spiro atoms. The third-order valence-electron chi connectivity index (χ3n) is 3.38. The normalized spacial score (nSPS) is 9.82. The largest absolute Gasteiger partial charge is 0.506 e. The van der Waals surface area contributed by atoms with Crippen molar-refractivity contribution in [2.24, 2.45) is 0 Å². The summed E-state index contributed by atoms with van der Waals surface area (Å²) in [5, 5.41) is 9.56. The van der Waals surface area contributed by atoms with Gasteiger partial charge in [-0.2, -0.15) is 0 Å². The summed E-state index contributed by atoms with van der Waals surface area (Å²) in [5.41, 5.74) is 9.99. The van der Waals surface area contributed by atoms with Crippen LogP contribution >= 0.6 is 0 Å². The molecule has 3 N–H and O–H groups in total. The number of nitrogens with two attached hydrogens (primary N) is 1. The Morgan fingerprint density at radius 1 is 0.773 bits per heavy atom. The molecular formula is C20H15NO. The lowest BCUT2D eigenvalue weighted by molar-refractivity contribution is 0.478. The zero-order valence-corrected chi connectivity index (χ0v) is 12.0. The van der Waals surface area contributed by atoms with Gasteiger partial charge in [0.2, 0.25) is 0 Å². The van der Waals surface area contributed by atoms with E-state index in [1.807, 2.05) is 60.7 Å². The minimum Gasteiger partial charge on any atom is -0.506 e. The molecule has 0 amide bonds. The van der Waals surface area contributed by atoms with Gasteiger partial charge in [-0.3, -0.25) is 0 Å². The highest BCUT2D eigenvalue weighted by atomic mass is 16.3. The van der Waals surface area contributed by atoms with Crippen molar-refractivity contribution in [3.8, 4) is 28.7 Å². The van der Waals surface area contributed by atoms with Crippen LogP contribution in [-0.4, -0.2) is 5.11 Å². The Morgan fingerprint density at radius 3 is 2.27 bits per heavy atom. The quantitative estimate of drug-likeness (QED) is 0.402. The van der Waals surface area contributed by atoms with Crippen molar-refractivity contribution in [1.82, 2.24) is 0 Å². The van der Waals surface area contributed by atoms with Crippen LogP contribution in [0.5, 0.6) is 5.75 Å². The molecule has 0 saturated carbocycles. The Balaban J connectivity index is 2.04. The van der Waals surface area contributed by atoms with E-state index in [4.69, 9.17) is 5.73 Å². The molecule has 0 aromatic heterocycles. The molecule has 0 aliphatic carbocycles. The maximum absolute atomic E-state index is 9.56. The second-order valence-corrected chi connectivity index (χ2v) is 4.94. The van der Waals surface area contributed by atoms with Crippen LogP contribution in [0.1, 0.15) is 11.1 Å². The van der Waals surface area contributed by atoms with Gasteiger partial charge < -0.3 is 10.8 Å². The average molecular weight is 285 g/mol. The first-order valence-corrected chi connectivity index (χ1v) is 6.99. The summed E-state index contributed by atoms with van der Waals surface area (Å²) >= 11 is 0. The number of hydrogen-bond donors (Lipinski definition) is 2. The van der Waals surface area contributed by atoms with Crippen molar-refractivity contribution < 1.29 is 5.11 Å². The molecule has 22 heavy (non-hydrogen) atoms. The van der Waals surface area contributed by atoms with Crippen LogP contribution in [-0.2, 0) is 0 Å². The van der Waals surface area contributed by atoms with Crippen LogP contribution in [0.25, 0.3) is 11.1 Å². The van der Waals surface area contributed by atoms with Crippen LogP contribution in [0.3, 0.4) is 0 Å². The highest BCUT2D eigenvalue weighted by Gasteiger charge is 2.05. The Bertz CT molecular complexity index is 858. The average Bonchev–Trinajstić information content (AvgIpc) is 2.57. The Morgan fingerprint density at radius 2 is 1.50 bits per heavy atom. The van der Waals surface area contributed by atoms with E-state index in [1.165, 1.54) is 0 Å². The van der Waals surface area contributed by atoms with E-state index in [2.05, 4.69) is 11.8 Å². The standard InChI is InChI=1S/C20H15NO/c21-19-14-17(12-13-20(19)22)18-9-5-4-8-16(18)11-10-15-6-2-1-3-7-15/h1-9,12-14,22H,21H2. The third kappa shape index (κ3) is 2.94. The van der Waals surface area contributed by atoms with Crippen LogP contribution in [0.15, 0.2) is 72.8 Å². The van der Waals surface area contributed by atoms with Gasteiger partial charge in [0, 0.05) is 11.1 Å². The second-order valence-electron chi connectivity index (χ2n) is 4.94. The van der Waals surface area contributed by atoms with E-state index < -0.39 is 0 Å². The first-order chi connectivity index (χ1) is 10.7. The molecule has 0 fully saturated rings. The number of aromatic hydroxyl groups is 1. The number of nitrogen functional groups attached to an aromatic ring is 1. The van der Waals surface area contributed by atoms with Crippen LogP contribution in [0.2, 0.25) is 0 Å². The fourth-order valence-corrected chi connectivity index (χ4v) is 2.23. The van der Waals surface area contributed by atoms with E-state index in [0.717, 1.165) is 22.3 Å². The molecule has 3 aromatic rings. The summed E-state index contributed by atoms with van der Waals surface area (Å²) in [6, 6.07) is 23.0. The molecule has 0 saturated heterocycles. The highest BCUT2D eigenvalue weighted by Crippen LogP contribution is 2.29. The van der Waals surface area contributed by atoms with E-state index in [9.17, 15) is 5.11 Å². The summed E-state index contributed by atoms with van der Waals surface area (Å²) < 4.78 is 0. The topological polar surface area (TPSA) is 46.2 Å². The predicted molar refractivity (Wildman–Crippen MR) is 90.4 cm³/mol. The molecule has 0 atom stereocenters. The lowest BCUT2D eigenvalue weighted by atomic mass is 9.99. The third-order valence-corrected chi connectivity index (χ3v) is 3.38. The number of hydrogen-bond acceptors (Lipinski definition) is 2. The summed E-state index contributed by atoms with van der Waals surface area (Å²) in [7, 11) is 0. The number of benzene rings is 3. The smallest absolute Gasteiger partial charge is 0.138 e. The van der Waals surface area contributed by atoms with E-state index in [0.29, 0.717) is 5.69 Å². The van der Waals surface area contributed by atoms with Crippen molar-refractivity contribution in [1.29, 1.82) is 0 Å². The monoisotopic (exact) mass is 285 g/mol. The molecule has 0 heterocycles. The van der Waals surface area contributed by atoms with Gasteiger partial charge in [0.25, 0.3) is 0 Å². The Hall–Kier alpha value is -3.18. The fraction of sp³-hybridized carbons (Fsp3) is 0. The minimum atomic E-state index is 0.0941. The minimum absolute atomic E-state index is 0.0941. The van der Waals surface area contributed by atoms with Crippen LogP contribution in [0, 0.1) is 11.8 Å². The fourth-order valence-electron chi connectivity index (χ4n) is 2.23. The van der Waals surface area contributed by atoms with Crippen LogP contribution < -0.4 is 5.73 Å². The summed E-state index contributed by atoms with van der Waals surface area (Å²) in [6.45, 7) is 0. The summed E-state index contributed by atoms with van der Waals surface area (Å²) in [6.07, 6.45) is 0. The Kier molecular flexibility index (Phi) is 3.80. The molecule has 3 rings (SSSR count). The predicted octanol–water partition coefficient (Wildman–Crippen LogP) is 4.04. The number of phenols is 1. The molecule has 0 bridgehead atoms. The lowest BCUT2D eigenvalue weighted by Crippen LogP contribution is -1.89. The molecule has 106 valence electrons. The van der Waals surface area contributed by atoms with Crippen molar-refractivity contribution in [2.75, 3.05) is 5.73 Å². The van der Waals surface area contributed by atoms with Gasteiger partial charge in [-0.1, -0.05) is 54.3 Å². The summed E-state index contributed by atoms with van der Waals surface area (Å²) in [4.78, 5) is 0. The van der Waals surface area contributed by atoms with E-state index in [-0.39, 0.29) is 5.75 Å². The first kappa shape index (κ1) is 13.8. The zero-order valence-electron chi connectivity index (χ0n) is 12.0. The molecular weight excluding hydrogens is 270 g/mol. The van der Waals surface area contributed by atoms with Gasteiger partial charge in [-0.15, -0.1) is 0 Å². The van der Waals surface area contributed by atoms with Crippen LogP contribution in [0.4, 0.5) is 5.69 Å². The molecule has 0 aliphatic heterocycles. The zero-order chi connectivity index (χ0) is 15.4. The van der Waals surface area contributed by atoms with Gasteiger partial charge in [-0.05, 0) is 41.5 Å². The number of phenolic OH excluding ortho intramolecular Hbond substituents is 1. The van der Waals surface area contributed by atoms with Gasteiger partial charge in [0.1, 0.15) is 5.75 Å². The van der Waals surface area contributed by atoms with E-state index >= 15 is 0 Å². The van der Waals surface area contributed by atoms with Crippen molar-refractivity contribution in [3.63, 3.8) is 0 Å². The van der Waals surface area contributed by atoms with Gasteiger partial charge >= 0.3 is 0 Å². The maximum Gasteiger partial charge on any atom is 0.138 e. The second kappa shape index (κ2) is 6.07. The SMILES string of the molecule is Nc1cc(-c2ccccc2C#Cc2ccccc2)ccc1O. The lowest BCUT2D eigenvalue weighted by Gasteiger charge is -2.07. The molecule has 3 aromatic carbocycles. The highest BCUT2D eigenvalue weighted by molar-refractivity contribution is 5.75. The van der Waals surface area contributed by atoms with Gasteiger partial charge in [0.05, 0.1) is 5.69 Å². The number of anilines is 1. The molecule has 0 aliphatic rings. The molecule has 2 heteroatoms. The first-order valence-electron chi connectivity index (χ1n) is 6.99. The Labute approximate surface area is 129 Å². The van der Waals surface area contributed by atoms with Gasteiger partial charge in [0.15, 0.2) is 0 Å². The van der Waals surface area contributed by atoms with E-state index in [1.54, 1.807) is 12.1 Å². The molecule has 2 nitrogen and oxygen atoms in total. The van der Waals surface area contributed by atoms with Crippen molar-refractivity contribution in [2.45, 2.75) is 0 Å². The maximum atomic E-state index is 9.56. The summed E-state index contributed by atoms with van der Waals surface area (Å²) in [5.74, 6) is 6.47.